The number of hydrogen-bond acceptors (Lipinski definition) is 6. The Labute approximate surface area is 140 Å². The predicted molar refractivity (Wildman–Crippen MR) is 93.0 cm³/mol. The molecule has 3 rings (SSSR count). The van der Waals surface area contributed by atoms with E-state index in [0.29, 0.717) is 15.6 Å². The van der Waals surface area contributed by atoms with E-state index in [-0.39, 0.29) is 10.9 Å². The van der Waals surface area contributed by atoms with E-state index in [9.17, 15) is 14.9 Å². The Bertz CT molecular complexity index is 855. The molecule has 2 heterocycles. The van der Waals surface area contributed by atoms with Crippen molar-refractivity contribution in [2.24, 2.45) is 4.99 Å². The number of rotatable bonds is 3. The minimum atomic E-state index is -0.445. The zero-order valence-corrected chi connectivity index (χ0v) is 13.6. The number of amides is 1. The van der Waals surface area contributed by atoms with Crippen molar-refractivity contribution in [3.8, 4) is 0 Å². The maximum atomic E-state index is 12.0. The minimum Gasteiger partial charge on any atom is -0.300 e. The van der Waals surface area contributed by atoms with Crippen molar-refractivity contribution in [3.63, 3.8) is 0 Å². The molecule has 0 saturated carbocycles. The number of hydrogen-bond donors (Lipinski definition) is 1. The molecule has 0 radical (unpaired) electrons. The van der Waals surface area contributed by atoms with Gasteiger partial charge in [0.25, 0.3) is 5.91 Å². The summed E-state index contributed by atoms with van der Waals surface area (Å²) < 4.78 is 0. The van der Waals surface area contributed by atoms with E-state index < -0.39 is 4.92 Å². The van der Waals surface area contributed by atoms with Crippen LogP contribution in [-0.4, -0.2) is 16.0 Å². The molecule has 0 bridgehead atoms. The number of nitrogens with zero attached hydrogens (tertiary/aromatic N) is 2. The summed E-state index contributed by atoms with van der Waals surface area (Å²) in [6, 6.07) is 9.08. The number of benzene rings is 1. The average Bonchev–Trinajstić information content (AvgIpc) is 3.10. The van der Waals surface area contributed by atoms with Crippen molar-refractivity contribution in [2.75, 3.05) is 0 Å². The third kappa shape index (κ3) is 3.49. The van der Waals surface area contributed by atoms with Gasteiger partial charge in [-0.05, 0) is 42.0 Å². The topological polar surface area (TPSA) is 84.6 Å². The summed E-state index contributed by atoms with van der Waals surface area (Å²) in [5, 5.41) is 15.6. The fourth-order valence-corrected chi connectivity index (χ4v) is 3.46. The Morgan fingerprint density at radius 2 is 2.13 bits per heavy atom. The van der Waals surface area contributed by atoms with Gasteiger partial charge in [-0.15, -0.1) is 0 Å². The minimum absolute atomic E-state index is 0.0501. The fraction of sp³-hybridized carbons (Fsp3) is 0.0667. The first kappa shape index (κ1) is 15.4. The SMILES string of the molecule is Cc1ccccc1N=C1NC(=O)/C(=C\c2csc([N+](=O)[O-])c2)S1. The maximum absolute atomic E-state index is 12.0. The van der Waals surface area contributed by atoms with Crippen LogP contribution in [0.25, 0.3) is 6.08 Å². The molecule has 6 nitrogen and oxygen atoms in total. The summed E-state index contributed by atoms with van der Waals surface area (Å²) in [5.41, 5.74) is 2.44. The summed E-state index contributed by atoms with van der Waals surface area (Å²) in [4.78, 5) is 27.1. The first-order chi connectivity index (χ1) is 11.0. The van der Waals surface area contributed by atoms with Crippen molar-refractivity contribution < 1.29 is 9.72 Å². The fourth-order valence-electron chi connectivity index (χ4n) is 1.94. The molecule has 116 valence electrons. The number of carbonyl (C=O) groups is 1. The first-order valence-corrected chi connectivity index (χ1v) is 8.31. The van der Waals surface area contributed by atoms with Crippen LogP contribution in [0.15, 0.2) is 45.6 Å². The third-order valence-electron chi connectivity index (χ3n) is 3.07. The summed E-state index contributed by atoms with van der Waals surface area (Å²) >= 11 is 2.25. The molecule has 0 spiro atoms. The quantitative estimate of drug-likeness (QED) is 0.520. The number of nitrogens with one attached hydrogen (secondary N) is 1. The summed E-state index contributed by atoms with van der Waals surface area (Å²) in [7, 11) is 0. The Morgan fingerprint density at radius 3 is 2.83 bits per heavy atom. The Hall–Kier alpha value is -2.45. The van der Waals surface area contributed by atoms with Crippen molar-refractivity contribution in [1.29, 1.82) is 0 Å². The average molecular weight is 345 g/mol. The van der Waals surface area contributed by atoms with Crippen LogP contribution in [0.3, 0.4) is 0 Å². The van der Waals surface area contributed by atoms with Gasteiger partial charge in [0.2, 0.25) is 0 Å². The van der Waals surface area contributed by atoms with Gasteiger partial charge in [-0.3, -0.25) is 14.9 Å². The smallest absolute Gasteiger partial charge is 0.300 e. The number of carbonyl (C=O) groups excluding carboxylic acids is 1. The van der Waals surface area contributed by atoms with Gasteiger partial charge in [-0.1, -0.05) is 29.5 Å². The van der Waals surface area contributed by atoms with Crippen LogP contribution >= 0.6 is 23.1 Å². The number of thiophene rings is 1. The van der Waals surface area contributed by atoms with Gasteiger partial charge in [-0.25, -0.2) is 4.99 Å². The summed E-state index contributed by atoms with van der Waals surface area (Å²) in [6.07, 6.45) is 1.63. The highest BCUT2D eigenvalue weighted by atomic mass is 32.2. The van der Waals surface area contributed by atoms with Gasteiger partial charge >= 0.3 is 5.00 Å². The molecule has 8 heteroatoms. The van der Waals surface area contributed by atoms with Crippen LogP contribution in [-0.2, 0) is 4.79 Å². The van der Waals surface area contributed by atoms with Gasteiger partial charge in [0.15, 0.2) is 5.17 Å². The Kier molecular flexibility index (Phi) is 4.26. The lowest BCUT2D eigenvalue weighted by atomic mass is 10.2. The standard InChI is InChI=1S/C15H11N3O3S2/c1-9-4-2-3-5-11(9)16-15-17-14(19)12(23-15)6-10-7-13(18(20)21)22-8-10/h2-8H,1H3,(H,16,17,19)/b12-6+. The second kappa shape index (κ2) is 6.35. The molecule has 1 amide bonds. The molecule has 1 saturated heterocycles. The lowest BCUT2D eigenvalue weighted by Crippen LogP contribution is -2.19. The van der Waals surface area contributed by atoms with E-state index >= 15 is 0 Å². The number of thioether (sulfide) groups is 1. The van der Waals surface area contributed by atoms with Crippen LogP contribution < -0.4 is 5.32 Å². The van der Waals surface area contributed by atoms with Crippen LogP contribution in [0.1, 0.15) is 11.1 Å². The molecule has 0 aliphatic carbocycles. The molecular weight excluding hydrogens is 334 g/mol. The molecule has 1 aliphatic heterocycles. The van der Waals surface area contributed by atoms with Crippen molar-refractivity contribution in [1.82, 2.24) is 5.32 Å². The zero-order valence-electron chi connectivity index (χ0n) is 12.0. The van der Waals surface area contributed by atoms with Gasteiger partial charge in [-0.2, -0.15) is 0 Å². The van der Waals surface area contributed by atoms with Crippen LogP contribution in [0, 0.1) is 17.0 Å². The number of nitro groups is 1. The second-order valence-electron chi connectivity index (χ2n) is 4.74. The predicted octanol–water partition coefficient (Wildman–Crippen LogP) is 3.86. The van der Waals surface area contributed by atoms with E-state index in [4.69, 9.17) is 0 Å². The molecule has 1 aromatic heterocycles. The van der Waals surface area contributed by atoms with Gasteiger partial charge in [0.1, 0.15) is 0 Å². The maximum Gasteiger partial charge on any atom is 0.324 e. The molecule has 0 unspecified atom stereocenters. The highest BCUT2D eigenvalue weighted by Gasteiger charge is 2.24. The summed E-state index contributed by atoms with van der Waals surface area (Å²) in [6.45, 7) is 1.95. The highest BCUT2D eigenvalue weighted by molar-refractivity contribution is 8.18. The van der Waals surface area contributed by atoms with E-state index in [2.05, 4.69) is 10.3 Å². The second-order valence-corrected chi connectivity index (χ2v) is 6.66. The van der Waals surface area contributed by atoms with Crippen molar-refractivity contribution in [2.45, 2.75) is 6.92 Å². The van der Waals surface area contributed by atoms with E-state index in [1.807, 2.05) is 31.2 Å². The summed E-state index contributed by atoms with van der Waals surface area (Å²) in [5.74, 6) is -0.254. The number of aryl methyl sites for hydroxylation is 1. The van der Waals surface area contributed by atoms with Crippen LogP contribution in [0.5, 0.6) is 0 Å². The molecule has 23 heavy (non-hydrogen) atoms. The van der Waals surface area contributed by atoms with Gasteiger partial charge in [0, 0.05) is 11.4 Å². The molecule has 2 aromatic rings. The monoisotopic (exact) mass is 345 g/mol. The largest absolute Gasteiger partial charge is 0.324 e. The molecule has 1 fully saturated rings. The third-order valence-corrected chi connectivity index (χ3v) is 4.88. The number of aliphatic imine (C=N–C) groups is 1. The normalized spacial score (nSPS) is 17.7. The Morgan fingerprint density at radius 1 is 1.35 bits per heavy atom. The zero-order chi connectivity index (χ0) is 16.4. The molecule has 0 atom stereocenters. The molecule has 1 aromatic carbocycles. The number of para-hydroxylation sites is 1. The molecular formula is C15H11N3O3S2. The van der Waals surface area contributed by atoms with Crippen molar-refractivity contribution >= 4 is 50.9 Å². The van der Waals surface area contributed by atoms with Crippen molar-refractivity contribution in [3.05, 3.63) is 61.9 Å². The number of amidine groups is 1. The molecule has 1 N–H and O–H groups in total. The highest BCUT2D eigenvalue weighted by Crippen LogP contribution is 2.31. The van der Waals surface area contributed by atoms with E-state index in [1.54, 1.807) is 11.5 Å². The lowest BCUT2D eigenvalue weighted by Gasteiger charge is -1.99. The van der Waals surface area contributed by atoms with E-state index in [1.165, 1.54) is 17.8 Å². The van der Waals surface area contributed by atoms with Crippen LogP contribution in [0.2, 0.25) is 0 Å². The lowest BCUT2D eigenvalue weighted by molar-refractivity contribution is -0.380. The first-order valence-electron chi connectivity index (χ1n) is 6.61. The van der Waals surface area contributed by atoms with Gasteiger partial charge in [0.05, 0.1) is 15.5 Å². The molecule has 1 aliphatic rings. The Balaban J connectivity index is 1.83. The van der Waals surface area contributed by atoms with E-state index in [0.717, 1.165) is 22.6 Å². The van der Waals surface area contributed by atoms with Crippen LogP contribution in [0.4, 0.5) is 10.7 Å². The van der Waals surface area contributed by atoms with Gasteiger partial charge < -0.3 is 5.32 Å².